The SMILES string of the molecule is Oc1ccc2c(ccc3cc(C4(O)CCCCC4)ccc32)c1-c1c(O)ccc2c1ccc1cc(C3(O)c4ccccc4C(O)(c4cc5ccc6cc(O)c(-c7c(O)cc8ccc9cc(C%10(O)CCCCC%10)cc%10ccc7c8c9%10)c7ccc(c4)c5c67)c4ccccc43)ccc12. The van der Waals surface area contributed by atoms with Crippen molar-refractivity contribution >= 4 is 108 Å². The Morgan fingerprint density at radius 1 is 0.223 bits per heavy atom. The predicted octanol–water partition coefficient (Wildman–Crippen LogP) is 19.4. The molecule has 0 radical (unpaired) electrons. The van der Waals surface area contributed by atoms with Gasteiger partial charge in [-0.05, 0) is 239 Å². The molecule has 2 saturated carbocycles. The number of phenols is 4. The number of aliphatic hydroxyl groups is 4. The highest BCUT2D eigenvalue weighted by Gasteiger charge is 2.51. The molecule has 8 nitrogen and oxygen atoms in total. The number of hydrogen-bond donors (Lipinski definition) is 8. The molecule has 8 heteroatoms. The molecule has 94 heavy (non-hydrogen) atoms. The quantitative estimate of drug-likeness (QED) is 0.0764. The van der Waals surface area contributed by atoms with Crippen LogP contribution in [0.15, 0.2) is 218 Å². The topological polar surface area (TPSA) is 162 Å². The van der Waals surface area contributed by atoms with Crippen molar-refractivity contribution in [1.82, 2.24) is 0 Å². The summed E-state index contributed by atoms with van der Waals surface area (Å²) in [6.07, 6.45) is 9.21. The summed E-state index contributed by atoms with van der Waals surface area (Å²) < 4.78 is 0. The first-order valence-electron chi connectivity index (χ1n) is 33.1. The van der Waals surface area contributed by atoms with Crippen molar-refractivity contribution in [1.29, 1.82) is 0 Å². The van der Waals surface area contributed by atoms with Crippen molar-refractivity contribution in [3.63, 3.8) is 0 Å². The van der Waals surface area contributed by atoms with Crippen molar-refractivity contribution in [2.24, 2.45) is 0 Å². The van der Waals surface area contributed by atoms with E-state index in [1.807, 2.05) is 158 Å². The molecule has 0 heterocycles. The molecule has 0 spiro atoms. The molecule has 8 N–H and O–H groups in total. The summed E-state index contributed by atoms with van der Waals surface area (Å²) in [5.41, 5.74) is 2.12. The molecule has 456 valence electrons. The second kappa shape index (κ2) is 19.6. The smallest absolute Gasteiger partial charge is 0.141 e. The normalized spacial score (nSPS) is 18.9. The van der Waals surface area contributed by atoms with Crippen LogP contribution in [0.5, 0.6) is 23.0 Å². The van der Waals surface area contributed by atoms with E-state index in [0.717, 1.165) is 183 Å². The van der Waals surface area contributed by atoms with E-state index in [0.29, 0.717) is 55.6 Å². The fraction of sp³-hybridized carbons (Fsp3) is 0.163. The van der Waals surface area contributed by atoms with Crippen LogP contribution in [0.1, 0.15) is 109 Å². The van der Waals surface area contributed by atoms with E-state index in [1.54, 1.807) is 24.3 Å². The number of phenolic OH excluding ortho intramolecular Hbond substituents is 4. The van der Waals surface area contributed by atoms with Crippen LogP contribution < -0.4 is 0 Å². The summed E-state index contributed by atoms with van der Waals surface area (Å²) in [5, 5.41) is 118. The Hall–Kier alpha value is -10.3. The Bertz CT molecular complexity index is 5860. The molecule has 16 aromatic carbocycles. The Labute approximate surface area is 540 Å². The molecule has 0 amide bonds. The highest BCUT2D eigenvalue weighted by Crippen LogP contribution is 2.57. The zero-order chi connectivity index (χ0) is 63.3. The van der Waals surface area contributed by atoms with Gasteiger partial charge in [-0.15, -0.1) is 0 Å². The molecule has 0 unspecified atom stereocenters. The summed E-state index contributed by atoms with van der Waals surface area (Å²) in [4.78, 5) is 0. The third kappa shape index (κ3) is 7.53. The van der Waals surface area contributed by atoms with Crippen molar-refractivity contribution < 1.29 is 40.9 Å². The minimum atomic E-state index is -1.75. The summed E-state index contributed by atoms with van der Waals surface area (Å²) in [6.45, 7) is 0. The Balaban J connectivity index is 0.719. The van der Waals surface area contributed by atoms with E-state index >= 15 is 0 Å². The fourth-order valence-electron chi connectivity index (χ4n) is 18.1. The van der Waals surface area contributed by atoms with Crippen molar-refractivity contribution in [3.05, 3.63) is 263 Å². The van der Waals surface area contributed by atoms with Crippen LogP contribution in [0.4, 0.5) is 0 Å². The summed E-state index contributed by atoms with van der Waals surface area (Å²) in [6, 6.07) is 71.0. The van der Waals surface area contributed by atoms with Gasteiger partial charge in [-0.3, -0.25) is 0 Å². The first kappa shape index (κ1) is 55.3. The van der Waals surface area contributed by atoms with Gasteiger partial charge in [0.1, 0.15) is 34.2 Å². The maximum atomic E-state index is 14.0. The van der Waals surface area contributed by atoms with Crippen LogP contribution in [0.25, 0.3) is 130 Å². The van der Waals surface area contributed by atoms with Crippen LogP contribution in [0, 0.1) is 0 Å². The third-order valence-electron chi connectivity index (χ3n) is 22.6. The van der Waals surface area contributed by atoms with Crippen LogP contribution >= 0.6 is 0 Å². The second-order valence-corrected chi connectivity index (χ2v) is 27.5. The maximum absolute atomic E-state index is 14.0. The summed E-state index contributed by atoms with van der Waals surface area (Å²) in [5.74, 6) is 0.168. The van der Waals surface area contributed by atoms with Gasteiger partial charge in [-0.2, -0.15) is 0 Å². The number of aromatic hydroxyl groups is 4. The lowest BCUT2D eigenvalue weighted by Crippen LogP contribution is -2.44. The first-order valence-corrected chi connectivity index (χ1v) is 33.1. The van der Waals surface area contributed by atoms with Crippen molar-refractivity contribution in [3.8, 4) is 45.3 Å². The van der Waals surface area contributed by atoms with Gasteiger partial charge in [0.2, 0.25) is 0 Å². The molecule has 0 atom stereocenters. The number of hydrogen-bond acceptors (Lipinski definition) is 8. The monoisotopic (exact) mass is 1220 g/mol. The number of fused-ring (bicyclic) bond motifs is 8. The predicted molar refractivity (Wildman–Crippen MR) is 379 cm³/mol. The van der Waals surface area contributed by atoms with Gasteiger partial charge in [0.25, 0.3) is 0 Å². The molecule has 19 rings (SSSR count). The molecule has 0 bridgehead atoms. The molecule has 0 saturated heterocycles. The Morgan fingerprint density at radius 2 is 0.532 bits per heavy atom. The molecule has 16 aromatic rings. The number of rotatable bonds is 6. The molecule has 3 aliphatic carbocycles. The van der Waals surface area contributed by atoms with Crippen molar-refractivity contribution in [2.45, 2.75) is 86.6 Å². The van der Waals surface area contributed by atoms with Gasteiger partial charge >= 0.3 is 0 Å². The molecule has 3 aliphatic rings. The minimum Gasteiger partial charge on any atom is -0.507 e. The zero-order valence-electron chi connectivity index (χ0n) is 51.4. The lowest BCUT2D eigenvalue weighted by Gasteiger charge is -2.45. The highest BCUT2D eigenvalue weighted by atomic mass is 16.3. The van der Waals surface area contributed by atoms with Gasteiger partial charge in [0.15, 0.2) is 0 Å². The van der Waals surface area contributed by atoms with Crippen LogP contribution in [-0.2, 0) is 22.4 Å². The van der Waals surface area contributed by atoms with E-state index < -0.39 is 22.4 Å². The fourth-order valence-corrected chi connectivity index (χ4v) is 18.1. The van der Waals surface area contributed by atoms with E-state index in [2.05, 4.69) is 36.4 Å². The molecular formula is C86H64O8. The largest absolute Gasteiger partial charge is 0.507 e. The van der Waals surface area contributed by atoms with E-state index in [-0.39, 0.29) is 23.0 Å². The third-order valence-corrected chi connectivity index (χ3v) is 22.6. The zero-order valence-corrected chi connectivity index (χ0v) is 51.4. The Morgan fingerprint density at radius 3 is 0.979 bits per heavy atom. The van der Waals surface area contributed by atoms with Gasteiger partial charge in [0.05, 0.1) is 11.2 Å². The summed E-state index contributed by atoms with van der Waals surface area (Å²) in [7, 11) is 0. The summed E-state index contributed by atoms with van der Waals surface area (Å²) >= 11 is 0. The highest BCUT2D eigenvalue weighted by molar-refractivity contribution is 6.31. The molecule has 0 aromatic heterocycles. The van der Waals surface area contributed by atoms with E-state index in [1.165, 1.54) is 0 Å². The standard InChI is InChI=1S/C86H64O8/c87-71-33-31-61-59-29-23-55(83(91)35-7-1-8-36-83)39-47(59)19-25-63(61)79(71)80-64-26-20-48-40-56(24-30-60(48)62(64)32-34-72(80)88)85(93)67-11-3-5-13-69(67)86(94,70-14-6-4-12-68(70)85)58-43-50-16-18-54-46-74(90)82(66-28-22-52(44-58)76(50)78(54)66)81-65-27-21-51-42-57(84(92)37-9-2-10-38-84)41-49-15-17-53(45-73(81)89)77(65)75(49)51/h3-6,11-34,39-46,87-94H,1-2,7-10,35-38H2. The van der Waals surface area contributed by atoms with Gasteiger partial charge < -0.3 is 40.9 Å². The number of benzene rings is 16. The van der Waals surface area contributed by atoms with Crippen LogP contribution in [-0.4, -0.2) is 40.9 Å². The lowest BCUT2D eigenvalue weighted by molar-refractivity contribution is -0.000803. The average molecular weight is 1230 g/mol. The molecular weight excluding hydrogens is 1160 g/mol. The van der Waals surface area contributed by atoms with Crippen molar-refractivity contribution in [2.75, 3.05) is 0 Å². The minimum absolute atomic E-state index is 0.0288. The van der Waals surface area contributed by atoms with Gasteiger partial charge in [-0.1, -0.05) is 196 Å². The van der Waals surface area contributed by atoms with Gasteiger partial charge in [0, 0.05) is 22.3 Å². The molecule has 2 fully saturated rings. The maximum Gasteiger partial charge on any atom is 0.141 e. The van der Waals surface area contributed by atoms with Crippen LogP contribution in [0.3, 0.4) is 0 Å². The van der Waals surface area contributed by atoms with E-state index in [9.17, 15) is 40.9 Å². The second-order valence-electron chi connectivity index (χ2n) is 27.5. The van der Waals surface area contributed by atoms with E-state index in [4.69, 9.17) is 0 Å². The Kier molecular flexibility index (Phi) is 11.5. The van der Waals surface area contributed by atoms with Gasteiger partial charge in [-0.25, -0.2) is 0 Å². The molecule has 0 aliphatic heterocycles. The first-order chi connectivity index (χ1) is 45.7. The van der Waals surface area contributed by atoms with Crippen LogP contribution in [0.2, 0.25) is 0 Å². The average Bonchev–Trinajstić information content (AvgIpc) is 0.695. The lowest BCUT2D eigenvalue weighted by atomic mass is 9.63.